The van der Waals surface area contributed by atoms with Crippen LogP contribution in [0.4, 0.5) is 17.6 Å². The monoisotopic (exact) mass is 224 g/mol. The minimum Gasteiger partial charge on any atom is -0.395 e. The van der Waals surface area contributed by atoms with E-state index >= 15 is 0 Å². The minimum atomic E-state index is -4.30. The van der Waals surface area contributed by atoms with Crippen LogP contribution in [-0.2, 0) is 0 Å². The molecule has 1 unspecified atom stereocenters. The number of thioether (sulfide) groups is 2. The van der Waals surface area contributed by atoms with Crippen LogP contribution in [0.1, 0.15) is 0 Å². The van der Waals surface area contributed by atoms with Crippen LogP contribution in [0, 0.1) is 0 Å². The zero-order valence-corrected chi connectivity index (χ0v) is 7.61. The average molecular weight is 224 g/mol. The van der Waals surface area contributed by atoms with Crippen molar-refractivity contribution in [3.63, 3.8) is 0 Å². The fraction of sp³-hybridized carbons (Fsp3) is 1.00. The zero-order chi connectivity index (χ0) is 9.61. The van der Waals surface area contributed by atoms with Crippen molar-refractivity contribution in [1.82, 2.24) is 0 Å². The highest BCUT2D eigenvalue weighted by Crippen LogP contribution is 2.32. The summed E-state index contributed by atoms with van der Waals surface area (Å²) in [6.45, 7) is -0.433. The first-order chi connectivity index (χ1) is 5.49. The molecule has 7 heteroatoms. The summed E-state index contributed by atoms with van der Waals surface area (Å²) in [6, 6.07) is -0.774. The van der Waals surface area contributed by atoms with Crippen molar-refractivity contribution in [3.05, 3.63) is 0 Å². The van der Waals surface area contributed by atoms with Gasteiger partial charge in [-0.05, 0) is 11.8 Å². The van der Waals surface area contributed by atoms with Gasteiger partial charge in [0.1, 0.15) is 6.01 Å². The molecule has 1 atom stereocenters. The van der Waals surface area contributed by atoms with Gasteiger partial charge in [-0.15, -0.1) is 11.8 Å². The molecule has 0 heterocycles. The normalized spacial score (nSPS) is 14.8. The van der Waals surface area contributed by atoms with E-state index in [0.717, 1.165) is 0 Å². The van der Waals surface area contributed by atoms with Crippen LogP contribution < -0.4 is 0 Å². The van der Waals surface area contributed by atoms with Gasteiger partial charge < -0.3 is 5.11 Å². The summed E-state index contributed by atoms with van der Waals surface area (Å²) in [5.74, 6) is -0.311. The van der Waals surface area contributed by atoms with Crippen molar-refractivity contribution in [2.24, 2.45) is 0 Å². The van der Waals surface area contributed by atoms with Crippen LogP contribution in [0.2, 0.25) is 0 Å². The first-order valence-electron chi connectivity index (χ1n) is 2.98. The third-order valence-electron chi connectivity index (χ3n) is 0.935. The van der Waals surface area contributed by atoms with Crippen LogP contribution in [0.3, 0.4) is 0 Å². The maximum atomic E-state index is 11.6. The molecule has 0 aromatic carbocycles. The Morgan fingerprint density at radius 2 is 1.92 bits per heavy atom. The van der Waals surface area contributed by atoms with Gasteiger partial charge in [0.05, 0.1) is 6.61 Å². The Morgan fingerprint density at radius 3 is 2.25 bits per heavy atom. The molecule has 0 radical (unpaired) electrons. The van der Waals surface area contributed by atoms with Crippen molar-refractivity contribution in [3.8, 4) is 0 Å². The van der Waals surface area contributed by atoms with Crippen molar-refractivity contribution >= 4 is 23.5 Å². The van der Waals surface area contributed by atoms with Crippen molar-refractivity contribution in [2.75, 3.05) is 18.4 Å². The van der Waals surface area contributed by atoms with Crippen LogP contribution in [0.5, 0.6) is 0 Å². The molecule has 0 aliphatic heterocycles. The largest absolute Gasteiger partial charge is 0.441 e. The summed E-state index contributed by atoms with van der Waals surface area (Å²) >= 11 is 0.438. The molecule has 1 nitrogen and oxygen atoms in total. The van der Waals surface area contributed by atoms with E-state index in [1.54, 1.807) is 0 Å². The minimum absolute atomic E-state index is 0.241. The highest BCUT2D eigenvalue weighted by Gasteiger charge is 2.29. The highest BCUT2D eigenvalue weighted by atomic mass is 32.2. The number of hydrogen-bond donors (Lipinski definition) is 1. The number of alkyl halides is 4. The summed E-state index contributed by atoms with van der Waals surface area (Å²) in [5, 5.41) is 7.81. The fourth-order valence-corrected chi connectivity index (χ4v) is 1.78. The van der Waals surface area contributed by atoms with E-state index in [4.69, 9.17) is 5.11 Å². The second kappa shape index (κ2) is 5.93. The number of halogens is 4. The maximum Gasteiger partial charge on any atom is 0.441 e. The summed E-state index contributed by atoms with van der Waals surface area (Å²) in [7, 11) is 0. The van der Waals surface area contributed by atoms with Gasteiger partial charge in [0.2, 0.25) is 0 Å². The average Bonchev–Trinajstić information content (AvgIpc) is 1.96. The standard InChI is InChI=1S/C5H8F4OS2/c6-3-11-4(1-10)2-12-5(7,8)9/h4,10H,1-3H2. The van der Waals surface area contributed by atoms with Crippen molar-refractivity contribution in [2.45, 2.75) is 10.8 Å². The molecule has 74 valence electrons. The molecule has 0 spiro atoms. The molecular formula is C5H8F4OS2. The van der Waals surface area contributed by atoms with Gasteiger partial charge in [-0.2, -0.15) is 13.2 Å². The molecule has 12 heavy (non-hydrogen) atoms. The third-order valence-corrected chi connectivity index (χ3v) is 2.96. The van der Waals surface area contributed by atoms with Crippen molar-refractivity contribution in [1.29, 1.82) is 0 Å². The first-order valence-corrected chi connectivity index (χ1v) is 5.02. The van der Waals surface area contributed by atoms with E-state index in [0.29, 0.717) is 11.8 Å². The number of hydrogen-bond acceptors (Lipinski definition) is 3. The van der Waals surface area contributed by atoms with E-state index < -0.39 is 23.4 Å². The van der Waals surface area contributed by atoms with Crippen LogP contribution >= 0.6 is 23.5 Å². The molecule has 0 fully saturated rings. The summed E-state index contributed by atoms with van der Waals surface area (Å²) in [4.78, 5) is 0. The third kappa shape index (κ3) is 7.05. The lowest BCUT2D eigenvalue weighted by Crippen LogP contribution is -2.15. The van der Waals surface area contributed by atoms with Gasteiger partial charge in [0.25, 0.3) is 0 Å². The molecule has 0 aliphatic carbocycles. The topological polar surface area (TPSA) is 20.2 Å². The Bertz CT molecular complexity index is 119. The molecule has 0 aromatic rings. The first kappa shape index (κ1) is 12.4. The van der Waals surface area contributed by atoms with Crippen LogP contribution in [0.15, 0.2) is 0 Å². The van der Waals surface area contributed by atoms with Gasteiger partial charge in [-0.1, -0.05) is 0 Å². The second-order valence-corrected chi connectivity index (χ2v) is 4.14. The highest BCUT2D eigenvalue weighted by molar-refractivity contribution is 8.03. The van der Waals surface area contributed by atoms with Gasteiger partial charge in [-0.3, -0.25) is 0 Å². The SMILES string of the molecule is OCC(CSC(F)(F)F)SCF. The predicted molar refractivity (Wildman–Crippen MR) is 43.0 cm³/mol. The van der Waals surface area contributed by atoms with E-state index in [-0.39, 0.29) is 17.5 Å². The second-order valence-electron chi connectivity index (χ2n) is 1.84. The zero-order valence-electron chi connectivity index (χ0n) is 5.97. The number of rotatable bonds is 5. The Labute approximate surface area is 75.9 Å². The van der Waals surface area contributed by atoms with Crippen LogP contribution in [0.25, 0.3) is 0 Å². The van der Waals surface area contributed by atoms with Crippen LogP contribution in [-0.4, -0.2) is 34.2 Å². The fourth-order valence-electron chi connectivity index (χ4n) is 0.430. The van der Waals surface area contributed by atoms with E-state index in [2.05, 4.69) is 0 Å². The molecule has 1 N–H and O–H groups in total. The van der Waals surface area contributed by atoms with Gasteiger partial charge in [0.15, 0.2) is 0 Å². The number of aliphatic hydroxyl groups excluding tert-OH is 1. The number of aliphatic hydroxyl groups is 1. The maximum absolute atomic E-state index is 11.6. The van der Waals surface area contributed by atoms with E-state index in [9.17, 15) is 17.6 Å². The van der Waals surface area contributed by atoms with Gasteiger partial charge in [-0.25, -0.2) is 4.39 Å². The van der Waals surface area contributed by atoms with Gasteiger partial charge in [0, 0.05) is 11.0 Å². The van der Waals surface area contributed by atoms with Crippen molar-refractivity contribution < 1.29 is 22.7 Å². The van der Waals surface area contributed by atoms with E-state index in [1.165, 1.54) is 0 Å². The summed E-state index contributed by atoms with van der Waals surface area (Å²) in [6.07, 6.45) is 0. The molecule has 0 rings (SSSR count). The molecule has 0 amide bonds. The predicted octanol–water partition coefficient (Wildman–Crippen LogP) is 2.26. The molecule has 0 aliphatic rings. The molecule has 0 aromatic heterocycles. The lowest BCUT2D eigenvalue weighted by Gasteiger charge is -2.12. The van der Waals surface area contributed by atoms with Gasteiger partial charge >= 0.3 is 5.51 Å². The Balaban J connectivity index is 3.58. The van der Waals surface area contributed by atoms with E-state index in [1.807, 2.05) is 0 Å². The Morgan fingerprint density at radius 1 is 1.33 bits per heavy atom. The molecule has 0 bridgehead atoms. The summed E-state index contributed by atoms with van der Waals surface area (Å²) < 4.78 is 46.3. The summed E-state index contributed by atoms with van der Waals surface area (Å²) in [5.41, 5.74) is -4.30. The molecule has 0 saturated heterocycles. The Hall–Kier alpha value is 0.380. The molecule has 0 saturated carbocycles. The smallest absolute Gasteiger partial charge is 0.395 e. The lowest BCUT2D eigenvalue weighted by molar-refractivity contribution is -0.0328. The Kier molecular flexibility index (Phi) is 6.12. The lowest BCUT2D eigenvalue weighted by atomic mass is 10.5. The quantitative estimate of drug-likeness (QED) is 0.723. The molecular weight excluding hydrogens is 216 g/mol.